The van der Waals surface area contributed by atoms with E-state index < -0.39 is 39.5 Å². The molecule has 1 aromatic rings. The van der Waals surface area contributed by atoms with E-state index in [-0.39, 0.29) is 0 Å². The van der Waals surface area contributed by atoms with Gasteiger partial charge in [0.15, 0.2) is 11.3 Å². The average molecular weight is 268 g/mol. The maximum atomic E-state index is 12.0. The number of carboxylic acids is 1. The molecule has 0 fully saturated rings. The zero-order valence-electron chi connectivity index (χ0n) is 7.89. The summed E-state index contributed by atoms with van der Waals surface area (Å²) in [5.41, 5.74) is -1.89. The molecule has 1 N–H and O–H groups in total. The first kappa shape index (κ1) is 13.1. The van der Waals surface area contributed by atoms with Gasteiger partial charge in [0.2, 0.25) is 0 Å². The van der Waals surface area contributed by atoms with Gasteiger partial charge in [-0.25, -0.2) is 4.79 Å². The quantitative estimate of drug-likeness (QED) is 0.669. The molecule has 0 unspecified atom stereocenters. The molecule has 0 bridgehead atoms. The Balaban J connectivity index is 3.48. The number of ether oxygens (including phenoxy) is 1. The van der Waals surface area contributed by atoms with Crippen LogP contribution in [0.3, 0.4) is 0 Å². The van der Waals surface area contributed by atoms with Crippen molar-refractivity contribution in [1.82, 2.24) is 0 Å². The molecule has 0 radical (unpaired) electrons. The molecular formula is C8H4ClF2NO5. The maximum Gasteiger partial charge on any atom is 0.387 e. The Morgan fingerprint density at radius 2 is 2.12 bits per heavy atom. The second kappa shape index (κ2) is 4.91. The minimum atomic E-state index is -3.34. The van der Waals surface area contributed by atoms with Crippen LogP contribution in [-0.2, 0) is 0 Å². The van der Waals surface area contributed by atoms with Gasteiger partial charge in [0.05, 0.1) is 9.95 Å². The molecule has 0 aliphatic carbocycles. The fraction of sp³-hybridized carbons (Fsp3) is 0.125. The first-order valence-electron chi connectivity index (χ1n) is 3.99. The Hall–Kier alpha value is -1.96. The van der Waals surface area contributed by atoms with Gasteiger partial charge in [0.25, 0.3) is 5.69 Å². The predicted octanol–water partition coefficient (Wildman–Crippen LogP) is 2.55. The van der Waals surface area contributed by atoms with E-state index in [9.17, 15) is 23.7 Å². The van der Waals surface area contributed by atoms with Gasteiger partial charge in [-0.15, -0.1) is 0 Å². The van der Waals surface area contributed by atoms with Crippen LogP contribution in [0.25, 0.3) is 0 Å². The highest BCUT2D eigenvalue weighted by Gasteiger charge is 2.28. The van der Waals surface area contributed by atoms with Gasteiger partial charge in [-0.3, -0.25) is 10.1 Å². The molecule has 0 aliphatic rings. The van der Waals surface area contributed by atoms with E-state index in [1.807, 2.05) is 0 Å². The summed E-state index contributed by atoms with van der Waals surface area (Å²) in [6.45, 7) is -3.34. The molecule has 0 spiro atoms. The van der Waals surface area contributed by atoms with Gasteiger partial charge in [0, 0.05) is 6.07 Å². The molecule has 0 amide bonds. The number of alkyl halides is 2. The van der Waals surface area contributed by atoms with Crippen LogP contribution in [0.1, 0.15) is 10.4 Å². The van der Waals surface area contributed by atoms with Crippen LogP contribution in [0.15, 0.2) is 12.1 Å². The molecule has 1 aromatic carbocycles. The normalized spacial score (nSPS) is 10.4. The maximum absolute atomic E-state index is 12.0. The summed E-state index contributed by atoms with van der Waals surface area (Å²) in [5, 5.41) is 18.8. The number of benzene rings is 1. The third kappa shape index (κ3) is 2.78. The molecular weight excluding hydrogens is 264 g/mol. The highest BCUT2D eigenvalue weighted by atomic mass is 35.5. The number of rotatable bonds is 4. The van der Waals surface area contributed by atoms with Crippen LogP contribution in [0, 0.1) is 10.1 Å². The molecule has 0 saturated carbocycles. The van der Waals surface area contributed by atoms with Crippen molar-refractivity contribution in [2.45, 2.75) is 6.61 Å². The topological polar surface area (TPSA) is 89.7 Å². The van der Waals surface area contributed by atoms with Crippen LogP contribution < -0.4 is 4.74 Å². The number of nitro benzene ring substituents is 1. The Kier molecular flexibility index (Phi) is 3.79. The molecule has 0 atom stereocenters. The Labute approximate surface area is 97.5 Å². The second-order valence-electron chi connectivity index (χ2n) is 2.71. The molecule has 1 rings (SSSR count). The Bertz CT molecular complexity index is 479. The number of aromatic carboxylic acids is 1. The Morgan fingerprint density at radius 3 is 2.53 bits per heavy atom. The number of hydrogen-bond donors (Lipinski definition) is 1. The zero-order valence-corrected chi connectivity index (χ0v) is 8.65. The SMILES string of the molecule is O=C(O)c1c([N+](=O)[O-])ccc(Cl)c1OC(F)F. The summed E-state index contributed by atoms with van der Waals surface area (Å²) in [7, 11) is 0. The first-order chi connectivity index (χ1) is 7.84. The zero-order chi connectivity index (χ0) is 13.2. The monoisotopic (exact) mass is 267 g/mol. The fourth-order valence-electron chi connectivity index (χ4n) is 1.11. The summed E-state index contributed by atoms with van der Waals surface area (Å²) < 4.78 is 27.9. The number of hydrogen-bond acceptors (Lipinski definition) is 4. The van der Waals surface area contributed by atoms with Crippen molar-refractivity contribution in [3.63, 3.8) is 0 Å². The molecule has 0 heterocycles. The molecule has 0 aromatic heterocycles. The molecule has 9 heteroatoms. The van der Waals surface area contributed by atoms with Crippen molar-refractivity contribution in [3.8, 4) is 5.75 Å². The van der Waals surface area contributed by atoms with Crippen molar-refractivity contribution < 1.29 is 28.3 Å². The van der Waals surface area contributed by atoms with Gasteiger partial charge in [-0.2, -0.15) is 8.78 Å². The largest absolute Gasteiger partial charge is 0.477 e. The molecule has 6 nitrogen and oxygen atoms in total. The lowest BCUT2D eigenvalue weighted by atomic mass is 10.1. The summed E-state index contributed by atoms with van der Waals surface area (Å²) >= 11 is 5.45. The van der Waals surface area contributed by atoms with Crippen LogP contribution in [-0.4, -0.2) is 22.6 Å². The number of nitro groups is 1. The third-order valence-corrected chi connectivity index (χ3v) is 2.00. The lowest BCUT2D eigenvalue weighted by molar-refractivity contribution is -0.385. The van der Waals surface area contributed by atoms with E-state index >= 15 is 0 Å². The van der Waals surface area contributed by atoms with Gasteiger partial charge < -0.3 is 9.84 Å². The summed E-state index contributed by atoms with van der Waals surface area (Å²) in [5.74, 6) is -2.71. The fourth-order valence-corrected chi connectivity index (χ4v) is 1.31. The summed E-state index contributed by atoms with van der Waals surface area (Å²) in [6, 6.07) is 1.70. The lowest BCUT2D eigenvalue weighted by Gasteiger charge is -2.09. The highest BCUT2D eigenvalue weighted by Crippen LogP contribution is 2.36. The van der Waals surface area contributed by atoms with Crippen molar-refractivity contribution in [2.75, 3.05) is 0 Å². The minimum absolute atomic E-state index is 0.451. The standard InChI is InChI=1S/C8H4ClF2NO5/c9-3-1-2-4(12(15)16)5(7(13)14)6(3)17-8(10)11/h1-2,8H,(H,13,14). The summed E-state index contributed by atoms with van der Waals surface area (Å²) in [4.78, 5) is 20.3. The number of carboxylic acid groups (broad SMARTS) is 1. The molecule has 92 valence electrons. The van der Waals surface area contributed by atoms with Crippen LogP contribution in [0.2, 0.25) is 5.02 Å². The second-order valence-corrected chi connectivity index (χ2v) is 3.12. The van der Waals surface area contributed by atoms with E-state index in [0.29, 0.717) is 0 Å². The van der Waals surface area contributed by atoms with Crippen LogP contribution in [0.5, 0.6) is 5.75 Å². The number of halogens is 3. The van der Waals surface area contributed by atoms with Crippen molar-refractivity contribution in [3.05, 3.63) is 32.8 Å². The van der Waals surface area contributed by atoms with E-state index in [2.05, 4.69) is 4.74 Å². The molecule has 0 aliphatic heterocycles. The highest BCUT2D eigenvalue weighted by molar-refractivity contribution is 6.32. The summed E-state index contributed by atoms with van der Waals surface area (Å²) in [6.07, 6.45) is 0. The van der Waals surface area contributed by atoms with Gasteiger partial charge in [-0.05, 0) is 6.07 Å². The van der Waals surface area contributed by atoms with Gasteiger partial charge in [-0.1, -0.05) is 11.6 Å². The van der Waals surface area contributed by atoms with Crippen molar-refractivity contribution >= 4 is 23.3 Å². The van der Waals surface area contributed by atoms with Crippen LogP contribution in [0.4, 0.5) is 14.5 Å². The predicted molar refractivity (Wildman–Crippen MR) is 51.7 cm³/mol. The number of carbonyl (C=O) groups is 1. The molecule has 17 heavy (non-hydrogen) atoms. The van der Waals surface area contributed by atoms with Gasteiger partial charge >= 0.3 is 12.6 Å². The Morgan fingerprint density at radius 1 is 1.53 bits per heavy atom. The van der Waals surface area contributed by atoms with E-state index in [0.717, 1.165) is 12.1 Å². The first-order valence-corrected chi connectivity index (χ1v) is 4.37. The molecule has 0 saturated heterocycles. The smallest absolute Gasteiger partial charge is 0.387 e. The van der Waals surface area contributed by atoms with E-state index in [1.165, 1.54) is 0 Å². The van der Waals surface area contributed by atoms with E-state index in [4.69, 9.17) is 16.7 Å². The average Bonchev–Trinajstić information content (AvgIpc) is 2.19. The third-order valence-electron chi connectivity index (χ3n) is 1.71. The van der Waals surface area contributed by atoms with E-state index in [1.54, 1.807) is 0 Å². The lowest BCUT2D eigenvalue weighted by Crippen LogP contribution is -2.10. The number of nitrogens with zero attached hydrogens (tertiary/aromatic N) is 1. The van der Waals surface area contributed by atoms with Crippen LogP contribution >= 0.6 is 11.6 Å². The van der Waals surface area contributed by atoms with Gasteiger partial charge in [0.1, 0.15) is 0 Å². The van der Waals surface area contributed by atoms with Crippen molar-refractivity contribution in [2.24, 2.45) is 0 Å². The minimum Gasteiger partial charge on any atom is -0.477 e. The van der Waals surface area contributed by atoms with Crippen molar-refractivity contribution in [1.29, 1.82) is 0 Å².